The lowest BCUT2D eigenvalue weighted by molar-refractivity contribution is -0.127. The summed E-state index contributed by atoms with van der Waals surface area (Å²) < 4.78 is 17.1. The highest BCUT2D eigenvalue weighted by atomic mass is 35.5. The first-order valence-electron chi connectivity index (χ1n) is 15.2. The second kappa shape index (κ2) is 13.2. The standard InChI is InChI=1S/C34H34B2ClFN6O2/c1-7-21-12-13-39-29(18(3)4)31(21)44-32-23(15-24(37)30(40-32)28-22(14-26(35)36)10-9-11-25(28)38)33(41-34(44)46)43-19(5)16-42(17-20(43)6)27(45)8-2/h8-15,18-20H,2,7,16-17H2,1,3-6H3/t19-,20-/m0/s1. The van der Waals surface area contributed by atoms with Crippen molar-refractivity contribution in [3.63, 3.8) is 0 Å². The molecule has 3 aromatic heterocycles. The fourth-order valence-electron chi connectivity index (χ4n) is 6.30. The number of carbonyl (C=O) groups excluding carboxylic acids is 1. The van der Waals surface area contributed by atoms with Gasteiger partial charge < -0.3 is 9.80 Å². The fraction of sp³-hybridized carbons (Fsp3) is 0.324. The average Bonchev–Trinajstić information content (AvgIpc) is 3.00. The van der Waals surface area contributed by atoms with Crippen molar-refractivity contribution in [2.24, 2.45) is 0 Å². The summed E-state index contributed by atoms with van der Waals surface area (Å²) in [4.78, 5) is 44.8. The second-order valence-corrected chi connectivity index (χ2v) is 12.3. The number of benzene rings is 1. The summed E-state index contributed by atoms with van der Waals surface area (Å²) in [6.45, 7) is 14.3. The van der Waals surface area contributed by atoms with E-state index in [0.29, 0.717) is 47.7 Å². The Morgan fingerprint density at radius 3 is 2.48 bits per heavy atom. The maximum absolute atomic E-state index is 15.6. The highest BCUT2D eigenvalue weighted by Gasteiger charge is 2.34. The van der Waals surface area contributed by atoms with E-state index in [4.69, 9.17) is 32.3 Å². The van der Waals surface area contributed by atoms with E-state index in [1.54, 1.807) is 23.2 Å². The van der Waals surface area contributed by atoms with Crippen molar-refractivity contribution in [1.29, 1.82) is 0 Å². The van der Waals surface area contributed by atoms with Gasteiger partial charge in [0.25, 0.3) is 0 Å². The monoisotopic (exact) mass is 634 g/mol. The van der Waals surface area contributed by atoms with Crippen LogP contribution in [0.25, 0.3) is 34.1 Å². The number of fused-ring (bicyclic) bond motifs is 1. The van der Waals surface area contributed by atoms with Crippen LogP contribution in [0.1, 0.15) is 57.4 Å². The first kappa shape index (κ1) is 33.1. The van der Waals surface area contributed by atoms with Crippen molar-refractivity contribution in [3.8, 4) is 16.9 Å². The van der Waals surface area contributed by atoms with Crippen LogP contribution in [0.15, 0.2) is 59.3 Å². The second-order valence-electron chi connectivity index (χ2n) is 11.9. The Bertz CT molecular complexity index is 1930. The minimum Gasteiger partial charge on any atom is -0.347 e. The summed E-state index contributed by atoms with van der Waals surface area (Å²) in [6, 6.07) is 7.60. The predicted molar refractivity (Wildman–Crippen MR) is 184 cm³/mol. The quantitative estimate of drug-likeness (QED) is 0.195. The molecule has 1 amide bonds. The van der Waals surface area contributed by atoms with E-state index < -0.39 is 11.5 Å². The van der Waals surface area contributed by atoms with Crippen molar-refractivity contribution in [3.05, 3.63) is 92.7 Å². The van der Waals surface area contributed by atoms with Gasteiger partial charge in [-0.3, -0.25) is 9.78 Å². The molecule has 46 heavy (non-hydrogen) atoms. The molecule has 4 aromatic rings. The number of carbonyl (C=O) groups is 1. The number of hydrogen-bond acceptors (Lipinski definition) is 6. The number of anilines is 1. The van der Waals surface area contributed by atoms with Crippen LogP contribution in [0.2, 0.25) is 5.02 Å². The molecule has 8 nitrogen and oxygen atoms in total. The van der Waals surface area contributed by atoms with Crippen LogP contribution in [0, 0.1) is 5.82 Å². The van der Waals surface area contributed by atoms with Crippen molar-refractivity contribution in [2.75, 3.05) is 18.0 Å². The van der Waals surface area contributed by atoms with Gasteiger partial charge in [0.1, 0.15) is 11.6 Å². The number of aromatic nitrogens is 4. The first-order valence-corrected chi connectivity index (χ1v) is 15.6. The van der Waals surface area contributed by atoms with Crippen molar-refractivity contribution < 1.29 is 9.18 Å². The predicted octanol–water partition coefficient (Wildman–Crippen LogP) is 5.57. The molecule has 0 N–H and O–H groups in total. The van der Waals surface area contributed by atoms with Crippen LogP contribution < -0.4 is 10.6 Å². The van der Waals surface area contributed by atoms with Gasteiger partial charge in [0.15, 0.2) is 5.65 Å². The summed E-state index contributed by atoms with van der Waals surface area (Å²) in [7, 11) is 11.6. The molecule has 1 aromatic carbocycles. The number of rotatable bonds is 7. The summed E-state index contributed by atoms with van der Waals surface area (Å²) in [5, 5.41) is 0.611. The lowest BCUT2D eigenvalue weighted by atomic mass is 9.77. The molecule has 1 aliphatic heterocycles. The summed E-state index contributed by atoms with van der Waals surface area (Å²) >= 11 is 6.94. The Morgan fingerprint density at radius 1 is 1.17 bits per heavy atom. The van der Waals surface area contributed by atoms with Gasteiger partial charge in [-0.05, 0) is 61.6 Å². The van der Waals surface area contributed by atoms with Crippen LogP contribution in [0.3, 0.4) is 0 Å². The topological polar surface area (TPSA) is 84.2 Å². The zero-order valence-corrected chi connectivity index (χ0v) is 27.3. The van der Waals surface area contributed by atoms with Crippen LogP contribution >= 0.6 is 11.6 Å². The molecule has 1 saturated heterocycles. The SMILES string of the molecule is [B]C([B])=Cc1cccc(F)c1-c1nc2c(cc1Cl)c(N1[C@@H](C)CN(C(=O)C=C)C[C@@H]1C)nc(=O)n2-c1c(CC)ccnc1C(C)C. The molecule has 5 rings (SSSR count). The van der Waals surface area contributed by atoms with Crippen LogP contribution in [-0.2, 0) is 11.2 Å². The van der Waals surface area contributed by atoms with Crippen molar-refractivity contribution in [2.45, 2.75) is 59.0 Å². The zero-order valence-electron chi connectivity index (χ0n) is 26.6. The van der Waals surface area contributed by atoms with E-state index in [0.717, 1.165) is 5.56 Å². The third-order valence-electron chi connectivity index (χ3n) is 8.24. The van der Waals surface area contributed by atoms with E-state index in [1.165, 1.54) is 28.9 Å². The van der Waals surface area contributed by atoms with Gasteiger partial charge in [0.2, 0.25) is 5.91 Å². The lowest BCUT2D eigenvalue weighted by Gasteiger charge is -2.45. The lowest BCUT2D eigenvalue weighted by Crippen LogP contribution is -2.58. The van der Waals surface area contributed by atoms with Gasteiger partial charge in [-0.25, -0.2) is 18.7 Å². The highest BCUT2D eigenvalue weighted by Crippen LogP contribution is 2.38. The molecule has 2 atom stereocenters. The summed E-state index contributed by atoms with van der Waals surface area (Å²) in [5.41, 5.74) is 2.39. The molecule has 1 aliphatic rings. The largest absolute Gasteiger partial charge is 0.355 e. The molecule has 1 fully saturated rings. The molecule has 4 heterocycles. The Kier molecular flexibility index (Phi) is 9.54. The van der Waals surface area contributed by atoms with Gasteiger partial charge in [-0.15, -0.1) is 0 Å². The van der Waals surface area contributed by atoms with E-state index >= 15 is 4.39 Å². The maximum Gasteiger partial charge on any atom is 0.355 e. The van der Waals surface area contributed by atoms with Crippen molar-refractivity contribution in [1.82, 2.24) is 24.4 Å². The molecular formula is C34H34B2ClFN6O2. The number of pyridine rings is 2. The van der Waals surface area contributed by atoms with Crippen LogP contribution in [0.4, 0.5) is 10.2 Å². The summed E-state index contributed by atoms with van der Waals surface area (Å²) in [6.07, 6.45) is 5.07. The van der Waals surface area contributed by atoms with Crippen molar-refractivity contribution >= 4 is 56.1 Å². The Morgan fingerprint density at radius 2 is 1.87 bits per heavy atom. The molecule has 4 radical (unpaired) electrons. The number of hydrogen-bond donors (Lipinski definition) is 0. The Balaban J connectivity index is 1.89. The minimum atomic E-state index is -0.587. The smallest absolute Gasteiger partial charge is 0.347 e. The molecule has 12 heteroatoms. The van der Waals surface area contributed by atoms with E-state index in [1.807, 2.05) is 45.6 Å². The van der Waals surface area contributed by atoms with E-state index in [2.05, 4.69) is 16.5 Å². The molecule has 232 valence electrons. The Hall–Kier alpha value is -4.24. The molecule has 0 aliphatic carbocycles. The number of aryl methyl sites for hydroxylation is 1. The minimum absolute atomic E-state index is 0.0197. The third-order valence-corrected chi connectivity index (χ3v) is 8.53. The number of halogens is 2. The number of piperazine rings is 1. The van der Waals surface area contributed by atoms with Crippen LogP contribution in [0.5, 0.6) is 0 Å². The van der Waals surface area contributed by atoms with Gasteiger partial charge in [-0.2, -0.15) is 10.4 Å². The number of amides is 1. The highest BCUT2D eigenvalue weighted by molar-refractivity contribution is 6.50. The average molecular weight is 635 g/mol. The normalized spacial score (nSPS) is 16.6. The van der Waals surface area contributed by atoms with E-state index in [-0.39, 0.29) is 51.2 Å². The van der Waals surface area contributed by atoms with Crippen LogP contribution in [-0.4, -0.2) is 71.2 Å². The number of nitrogens with zero attached hydrogens (tertiary/aromatic N) is 6. The molecule has 0 spiro atoms. The molecule has 0 unspecified atom stereocenters. The third kappa shape index (κ3) is 6.00. The first-order chi connectivity index (χ1) is 21.9. The Labute approximate surface area is 275 Å². The van der Waals surface area contributed by atoms with Gasteiger partial charge in [0, 0.05) is 36.9 Å². The van der Waals surface area contributed by atoms with E-state index in [9.17, 15) is 9.59 Å². The maximum atomic E-state index is 15.6. The molecule has 0 saturated carbocycles. The fourth-order valence-corrected chi connectivity index (χ4v) is 6.54. The molecular weight excluding hydrogens is 600 g/mol. The zero-order chi connectivity index (χ0) is 33.4. The van der Waals surface area contributed by atoms with Gasteiger partial charge in [0.05, 0.1) is 43.2 Å². The summed E-state index contributed by atoms with van der Waals surface area (Å²) in [5.74, 6) is -0.425. The van der Waals surface area contributed by atoms with Gasteiger partial charge >= 0.3 is 5.69 Å². The molecule has 0 bridgehead atoms. The van der Waals surface area contributed by atoms with Gasteiger partial charge in [-0.1, -0.05) is 57.2 Å².